The number of aromatic nitrogens is 2. The normalized spacial score (nSPS) is 25.9. The van der Waals surface area contributed by atoms with E-state index in [2.05, 4.69) is 21.8 Å². The first kappa shape index (κ1) is 11.3. The minimum Gasteiger partial charge on any atom is -0.391 e. The van der Waals surface area contributed by atoms with E-state index >= 15 is 0 Å². The van der Waals surface area contributed by atoms with Gasteiger partial charge in [-0.2, -0.15) is 0 Å². The fourth-order valence-electron chi connectivity index (χ4n) is 2.12. The summed E-state index contributed by atoms with van der Waals surface area (Å²) >= 11 is 0. The molecule has 0 aromatic carbocycles. The van der Waals surface area contributed by atoms with Crippen LogP contribution in [0.1, 0.15) is 24.9 Å². The number of aryl methyl sites for hydroxylation is 2. The van der Waals surface area contributed by atoms with Crippen LogP contribution in [0.25, 0.3) is 0 Å². The van der Waals surface area contributed by atoms with Gasteiger partial charge in [0, 0.05) is 24.8 Å². The molecule has 4 nitrogen and oxygen atoms in total. The van der Waals surface area contributed by atoms with Crippen molar-refractivity contribution in [2.75, 3.05) is 18.0 Å². The summed E-state index contributed by atoms with van der Waals surface area (Å²) in [4.78, 5) is 10.8. The molecular weight excluding hydrogens is 202 g/mol. The first-order valence-electron chi connectivity index (χ1n) is 5.81. The molecule has 2 unspecified atom stereocenters. The molecule has 2 atom stereocenters. The monoisotopic (exact) mass is 221 g/mol. The van der Waals surface area contributed by atoms with Crippen LogP contribution < -0.4 is 4.90 Å². The molecule has 1 fully saturated rings. The summed E-state index contributed by atoms with van der Waals surface area (Å²) < 4.78 is 0. The molecule has 0 saturated carbocycles. The van der Waals surface area contributed by atoms with Crippen molar-refractivity contribution in [3.8, 4) is 0 Å². The van der Waals surface area contributed by atoms with E-state index in [0.29, 0.717) is 12.5 Å². The molecule has 4 heteroatoms. The van der Waals surface area contributed by atoms with Crippen molar-refractivity contribution in [2.45, 2.75) is 33.3 Å². The molecule has 1 aromatic rings. The summed E-state index contributed by atoms with van der Waals surface area (Å²) in [6.07, 6.45) is 0.771. The van der Waals surface area contributed by atoms with Crippen LogP contribution in [0.5, 0.6) is 0 Å². The fourth-order valence-corrected chi connectivity index (χ4v) is 2.12. The second kappa shape index (κ2) is 4.37. The number of hydrogen-bond acceptors (Lipinski definition) is 4. The predicted octanol–water partition coefficient (Wildman–Crippen LogP) is 1.30. The highest BCUT2D eigenvalue weighted by Gasteiger charge is 2.25. The summed E-state index contributed by atoms with van der Waals surface area (Å²) in [7, 11) is 0. The maximum absolute atomic E-state index is 9.86. The zero-order chi connectivity index (χ0) is 11.7. The summed E-state index contributed by atoms with van der Waals surface area (Å²) in [5.74, 6) is 2.12. The van der Waals surface area contributed by atoms with Gasteiger partial charge >= 0.3 is 0 Å². The van der Waals surface area contributed by atoms with Crippen LogP contribution in [0.4, 0.5) is 5.82 Å². The van der Waals surface area contributed by atoms with Gasteiger partial charge in [0.05, 0.1) is 6.10 Å². The van der Waals surface area contributed by atoms with Gasteiger partial charge < -0.3 is 10.0 Å². The smallest absolute Gasteiger partial charge is 0.132 e. The van der Waals surface area contributed by atoms with Crippen molar-refractivity contribution in [3.63, 3.8) is 0 Å². The van der Waals surface area contributed by atoms with Crippen molar-refractivity contribution < 1.29 is 5.11 Å². The Morgan fingerprint density at radius 2 is 2.12 bits per heavy atom. The minimum atomic E-state index is -0.246. The number of piperidine rings is 1. The highest BCUT2D eigenvalue weighted by atomic mass is 16.3. The van der Waals surface area contributed by atoms with Gasteiger partial charge in [0.25, 0.3) is 0 Å². The molecule has 88 valence electrons. The van der Waals surface area contributed by atoms with E-state index in [1.807, 2.05) is 19.9 Å². The van der Waals surface area contributed by atoms with E-state index in [1.54, 1.807) is 0 Å². The summed E-state index contributed by atoms with van der Waals surface area (Å²) in [6.45, 7) is 7.62. The third kappa shape index (κ3) is 2.32. The Balaban J connectivity index is 2.18. The summed E-state index contributed by atoms with van der Waals surface area (Å²) in [5.41, 5.74) is 0.982. The van der Waals surface area contributed by atoms with Crippen molar-refractivity contribution >= 4 is 5.82 Å². The highest BCUT2D eigenvalue weighted by molar-refractivity contribution is 5.40. The molecule has 0 bridgehead atoms. The number of hydrogen-bond donors (Lipinski definition) is 1. The van der Waals surface area contributed by atoms with Crippen LogP contribution in [0.2, 0.25) is 0 Å². The lowest BCUT2D eigenvalue weighted by Gasteiger charge is -2.35. The molecule has 0 radical (unpaired) electrons. The standard InChI is InChI=1S/C12H19N3O/c1-8-4-5-15(7-11(8)16)12-6-9(2)13-10(3)14-12/h6,8,11,16H,4-5,7H2,1-3H3. The Bertz CT molecular complexity index is 360. The number of aliphatic hydroxyl groups excluding tert-OH is 1. The molecular formula is C12H19N3O. The molecule has 1 N–H and O–H groups in total. The van der Waals surface area contributed by atoms with Crippen LogP contribution in [0, 0.1) is 19.8 Å². The van der Waals surface area contributed by atoms with Crippen molar-refractivity contribution in [2.24, 2.45) is 5.92 Å². The van der Waals surface area contributed by atoms with E-state index < -0.39 is 0 Å². The number of β-amino-alcohol motifs (C(OH)–C–C–N with tert-alkyl or cyclic N) is 1. The molecule has 0 amide bonds. The molecule has 2 rings (SSSR count). The van der Waals surface area contributed by atoms with Crippen LogP contribution in [-0.2, 0) is 0 Å². The molecule has 0 spiro atoms. The third-order valence-corrected chi connectivity index (χ3v) is 3.20. The van der Waals surface area contributed by atoms with E-state index in [-0.39, 0.29) is 6.10 Å². The maximum Gasteiger partial charge on any atom is 0.132 e. The zero-order valence-corrected chi connectivity index (χ0v) is 10.1. The lowest BCUT2D eigenvalue weighted by atomic mass is 9.96. The average Bonchev–Trinajstić information content (AvgIpc) is 2.20. The van der Waals surface area contributed by atoms with Gasteiger partial charge in [0.2, 0.25) is 0 Å². The van der Waals surface area contributed by atoms with Gasteiger partial charge in [-0.15, -0.1) is 0 Å². The van der Waals surface area contributed by atoms with Gasteiger partial charge in [0.1, 0.15) is 11.6 Å². The van der Waals surface area contributed by atoms with E-state index in [9.17, 15) is 5.11 Å². The molecule has 0 aliphatic carbocycles. The summed E-state index contributed by atoms with van der Waals surface area (Å²) in [6, 6.07) is 1.98. The molecule has 16 heavy (non-hydrogen) atoms. The lowest BCUT2D eigenvalue weighted by molar-refractivity contribution is 0.102. The van der Waals surface area contributed by atoms with Gasteiger partial charge in [-0.25, -0.2) is 9.97 Å². The first-order chi connectivity index (χ1) is 7.56. The Morgan fingerprint density at radius 1 is 1.38 bits per heavy atom. The number of anilines is 1. The molecule has 2 heterocycles. The van der Waals surface area contributed by atoms with Gasteiger partial charge in [-0.05, 0) is 26.2 Å². The first-order valence-corrected chi connectivity index (χ1v) is 5.81. The molecule has 1 aliphatic heterocycles. The Morgan fingerprint density at radius 3 is 2.75 bits per heavy atom. The third-order valence-electron chi connectivity index (χ3n) is 3.20. The molecule has 1 aromatic heterocycles. The van der Waals surface area contributed by atoms with E-state index in [4.69, 9.17) is 0 Å². The van der Waals surface area contributed by atoms with E-state index in [1.165, 1.54) is 0 Å². The lowest BCUT2D eigenvalue weighted by Crippen LogP contribution is -2.43. The van der Waals surface area contributed by atoms with Crippen molar-refractivity contribution in [3.05, 3.63) is 17.6 Å². The highest BCUT2D eigenvalue weighted by Crippen LogP contribution is 2.22. The van der Waals surface area contributed by atoms with Crippen molar-refractivity contribution in [1.29, 1.82) is 0 Å². The van der Waals surface area contributed by atoms with Gasteiger partial charge in [-0.1, -0.05) is 6.92 Å². The molecule has 1 aliphatic rings. The van der Waals surface area contributed by atoms with Crippen molar-refractivity contribution in [1.82, 2.24) is 9.97 Å². The second-order valence-electron chi connectivity index (χ2n) is 4.69. The van der Waals surface area contributed by atoms with Crippen LogP contribution in [0.15, 0.2) is 6.07 Å². The maximum atomic E-state index is 9.86. The SMILES string of the molecule is Cc1cc(N2CCC(C)C(O)C2)nc(C)n1. The topological polar surface area (TPSA) is 49.2 Å². The minimum absolute atomic E-state index is 0.246. The Kier molecular flexibility index (Phi) is 3.10. The van der Waals surface area contributed by atoms with Gasteiger partial charge in [-0.3, -0.25) is 0 Å². The molecule has 1 saturated heterocycles. The predicted molar refractivity (Wildman–Crippen MR) is 63.5 cm³/mol. The summed E-state index contributed by atoms with van der Waals surface area (Å²) in [5, 5.41) is 9.86. The Hall–Kier alpha value is -1.16. The van der Waals surface area contributed by atoms with Crippen LogP contribution in [0.3, 0.4) is 0 Å². The van der Waals surface area contributed by atoms with Gasteiger partial charge in [0.15, 0.2) is 0 Å². The number of aliphatic hydroxyl groups is 1. The fraction of sp³-hybridized carbons (Fsp3) is 0.667. The Labute approximate surface area is 96.3 Å². The average molecular weight is 221 g/mol. The van der Waals surface area contributed by atoms with E-state index in [0.717, 1.165) is 30.3 Å². The quantitative estimate of drug-likeness (QED) is 0.776. The van der Waals surface area contributed by atoms with Crippen LogP contribution in [-0.4, -0.2) is 34.3 Å². The second-order valence-corrected chi connectivity index (χ2v) is 4.69. The number of nitrogens with zero attached hydrogens (tertiary/aromatic N) is 3. The largest absolute Gasteiger partial charge is 0.391 e. The number of rotatable bonds is 1. The zero-order valence-electron chi connectivity index (χ0n) is 10.1. The van der Waals surface area contributed by atoms with Crippen LogP contribution >= 0.6 is 0 Å².